The third-order valence-electron chi connectivity index (χ3n) is 4.99. The summed E-state index contributed by atoms with van der Waals surface area (Å²) in [4.78, 5) is 20.6. The highest BCUT2D eigenvalue weighted by Gasteiger charge is 2.31. The van der Waals surface area contributed by atoms with E-state index in [1.54, 1.807) is 11.3 Å². The number of rotatable bonds is 7. The fourth-order valence-corrected chi connectivity index (χ4v) is 4.33. The van der Waals surface area contributed by atoms with Crippen molar-refractivity contribution in [3.05, 3.63) is 45.9 Å². The highest BCUT2D eigenvalue weighted by Crippen LogP contribution is 2.33. The lowest BCUT2D eigenvalue weighted by molar-refractivity contribution is -0.131. The maximum absolute atomic E-state index is 12.9. The molecule has 1 unspecified atom stereocenters. The highest BCUT2D eigenvalue weighted by atomic mass is 32.1. The number of aryl methyl sites for hydroxylation is 1. The molecule has 2 heterocycles. The second kappa shape index (κ2) is 8.40. The zero-order chi connectivity index (χ0) is 19.4. The van der Waals surface area contributed by atoms with Crippen LogP contribution in [0.1, 0.15) is 55.1 Å². The number of thiazole rings is 1. The zero-order valence-corrected chi connectivity index (χ0v) is 17.4. The molecule has 1 aliphatic heterocycles. The van der Waals surface area contributed by atoms with Crippen molar-refractivity contribution in [1.82, 2.24) is 15.2 Å². The summed E-state index contributed by atoms with van der Waals surface area (Å²) in [6.07, 6.45) is 3.93. The summed E-state index contributed by atoms with van der Waals surface area (Å²) in [6, 6.07) is 8.30. The normalized spacial score (nSPS) is 17.3. The molecule has 0 spiro atoms. The summed E-state index contributed by atoms with van der Waals surface area (Å²) in [5.41, 5.74) is 0.863. The van der Waals surface area contributed by atoms with Gasteiger partial charge in [0.1, 0.15) is 10.8 Å². The molecule has 1 atom stereocenters. The van der Waals surface area contributed by atoms with E-state index in [1.165, 1.54) is 10.4 Å². The van der Waals surface area contributed by atoms with Crippen LogP contribution in [0.3, 0.4) is 0 Å². The molecule has 1 amide bonds. The van der Waals surface area contributed by atoms with E-state index in [2.05, 4.69) is 36.3 Å². The molecule has 2 aromatic rings. The minimum atomic E-state index is -0.317. The summed E-state index contributed by atoms with van der Waals surface area (Å²) in [6.45, 7) is 9.97. The number of likely N-dealkylation sites (tertiary alicyclic amines) is 1. The van der Waals surface area contributed by atoms with Crippen molar-refractivity contribution in [3.63, 3.8) is 0 Å². The molecular weight excluding hydrogens is 358 g/mol. The van der Waals surface area contributed by atoms with Gasteiger partial charge in [0, 0.05) is 17.6 Å². The minimum absolute atomic E-state index is 0.146. The van der Waals surface area contributed by atoms with E-state index in [-0.39, 0.29) is 17.5 Å². The molecule has 1 aromatic carbocycles. The molecule has 0 saturated carbocycles. The van der Waals surface area contributed by atoms with Crippen molar-refractivity contribution in [2.24, 2.45) is 0 Å². The molecule has 1 saturated heterocycles. The summed E-state index contributed by atoms with van der Waals surface area (Å²) in [7, 11) is 0. The van der Waals surface area contributed by atoms with E-state index < -0.39 is 0 Å². The molecular formula is C21H29N3O2S. The van der Waals surface area contributed by atoms with Crippen LogP contribution in [-0.2, 0) is 10.3 Å². The summed E-state index contributed by atoms with van der Waals surface area (Å²) in [5.74, 6) is 1.02. The number of nitrogens with one attached hydrogen (secondary N) is 1. The average molecular weight is 388 g/mol. The van der Waals surface area contributed by atoms with Gasteiger partial charge in [-0.2, -0.15) is 0 Å². The Hall–Kier alpha value is -1.92. The van der Waals surface area contributed by atoms with Gasteiger partial charge in [-0.25, -0.2) is 4.98 Å². The number of ether oxygens (including phenoxy) is 1. The monoisotopic (exact) mass is 387 g/mol. The maximum atomic E-state index is 12.9. The van der Waals surface area contributed by atoms with E-state index in [9.17, 15) is 4.79 Å². The number of carbonyl (C=O) groups is 1. The first-order valence-corrected chi connectivity index (χ1v) is 10.4. The molecule has 6 heteroatoms. The molecule has 27 heavy (non-hydrogen) atoms. The number of nitrogens with zero attached hydrogens (tertiary/aromatic N) is 2. The standard InChI is InChI=1S/C21H29N3O2S/c1-5-26-17-10-8-16(9-11-17)18-7-6-12-24(18)19(25)14-23-21(3,4)20-22-13-15(2)27-20/h8-11,13,18,23H,5-7,12,14H2,1-4H3. The third-order valence-corrected chi connectivity index (χ3v) is 6.22. The van der Waals surface area contributed by atoms with Crippen molar-refractivity contribution in [2.45, 2.75) is 52.1 Å². The van der Waals surface area contributed by atoms with Crippen molar-refractivity contribution in [2.75, 3.05) is 19.7 Å². The van der Waals surface area contributed by atoms with E-state index in [0.29, 0.717) is 13.2 Å². The predicted octanol–water partition coefficient (Wildman–Crippen LogP) is 4.04. The second-order valence-electron chi connectivity index (χ2n) is 7.50. The molecule has 1 aromatic heterocycles. The quantitative estimate of drug-likeness (QED) is 0.779. The van der Waals surface area contributed by atoms with Crippen LogP contribution in [0.25, 0.3) is 0 Å². The van der Waals surface area contributed by atoms with Gasteiger partial charge in [0.15, 0.2) is 0 Å². The Balaban J connectivity index is 1.63. The molecule has 0 bridgehead atoms. The first-order chi connectivity index (χ1) is 12.9. The maximum Gasteiger partial charge on any atom is 0.237 e. The van der Waals surface area contributed by atoms with Crippen LogP contribution in [0.2, 0.25) is 0 Å². The van der Waals surface area contributed by atoms with Crippen LogP contribution >= 0.6 is 11.3 Å². The minimum Gasteiger partial charge on any atom is -0.494 e. The van der Waals surface area contributed by atoms with Gasteiger partial charge in [0.2, 0.25) is 5.91 Å². The van der Waals surface area contributed by atoms with Crippen LogP contribution in [0.5, 0.6) is 5.75 Å². The van der Waals surface area contributed by atoms with Crippen molar-refractivity contribution < 1.29 is 9.53 Å². The predicted molar refractivity (Wildman–Crippen MR) is 109 cm³/mol. The topological polar surface area (TPSA) is 54.5 Å². The number of hydrogen-bond donors (Lipinski definition) is 1. The highest BCUT2D eigenvalue weighted by molar-refractivity contribution is 7.11. The Morgan fingerprint density at radius 2 is 2.11 bits per heavy atom. The fraction of sp³-hybridized carbons (Fsp3) is 0.524. The lowest BCUT2D eigenvalue weighted by Gasteiger charge is -2.28. The van der Waals surface area contributed by atoms with Gasteiger partial charge >= 0.3 is 0 Å². The molecule has 5 nitrogen and oxygen atoms in total. The van der Waals surface area contributed by atoms with Crippen LogP contribution < -0.4 is 10.1 Å². The third kappa shape index (κ3) is 4.68. The molecule has 3 rings (SSSR count). The smallest absolute Gasteiger partial charge is 0.237 e. The number of benzene rings is 1. The summed E-state index contributed by atoms with van der Waals surface area (Å²) >= 11 is 1.67. The number of aromatic nitrogens is 1. The first-order valence-electron chi connectivity index (χ1n) is 9.61. The number of carbonyl (C=O) groups excluding carboxylic acids is 1. The second-order valence-corrected chi connectivity index (χ2v) is 8.74. The summed E-state index contributed by atoms with van der Waals surface area (Å²) in [5, 5.41) is 4.41. The van der Waals surface area contributed by atoms with Crippen molar-refractivity contribution >= 4 is 17.2 Å². The largest absolute Gasteiger partial charge is 0.494 e. The Morgan fingerprint density at radius 1 is 1.37 bits per heavy atom. The number of amides is 1. The Bertz CT molecular complexity index is 770. The first kappa shape index (κ1) is 19.8. The molecule has 146 valence electrons. The van der Waals surface area contributed by atoms with Crippen LogP contribution in [0.4, 0.5) is 0 Å². The zero-order valence-electron chi connectivity index (χ0n) is 16.6. The SMILES string of the molecule is CCOc1ccc(C2CCCN2C(=O)CNC(C)(C)c2ncc(C)s2)cc1. The van der Waals surface area contributed by atoms with Crippen LogP contribution in [-0.4, -0.2) is 35.5 Å². The van der Waals surface area contributed by atoms with E-state index >= 15 is 0 Å². The Kier molecular flexibility index (Phi) is 6.17. The van der Waals surface area contributed by atoms with Gasteiger partial charge in [-0.15, -0.1) is 11.3 Å². The van der Waals surface area contributed by atoms with Gasteiger partial charge in [-0.1, -0.05) is 12.1 Å². The Labute approximate surface area is 165 Å². The van der Waals surface area contributed by atoms with Crippen LogP contribution in [0, 0.1) is 6.92 Å². The molecule has 0 radical (unpaired) electrons. The van der Waals surface area contributed by atoms with Crippen molar-refractivity contribution in [3.8, 4) is 5.75 Å². The molecule has 1 N–H and O–H groups in total. The Morgan fingerprint density at radius 3 is 2.74 bits per heavy atom. The van der Waals surface area contributed by atoms with Gasteiger partial charge in [0.25, 0.3) is 0 Å². The van der Waals surface area contributed by atoms with Crippen molar-refractivity contribution in [1.29, 1.82) is 0 Å². The fourth-order valence-electron chi connectivity index (χ4n) is 3.48. The molecule has 1 fully saturated rings. The summed E-state index contributed by atoms with van der Waals surface area (Å²) < 4.78 is 5.52. The molecule has 1 aliphatic rings. The van der Waals surface area contributed by atoms with E-state index in [0.717, 1.165) is 30.1 Å². The van der Waals surface area contributed by atoms with Gasteiger partial charge in [-0.05, 0) is 58.2 Å². The number of hydrogen-bond acceptors (Lipinski definition) is 5. The van der Waals surface area contributed by atoms with Gasteiger partial charge in [-0.3, -0.25) is 10.1 Å². The molecule has 0 aliphatic carbocycles. The van der Waals surface area contributed by atoms with Gasteiger partial charge < -0.3 is 9.64 Å². The lowest BCUT2D eigenvalue weighted by Crippen LogP contribution is -2.44. The average Bonchev–Trinajstić information content (AvgIpc) is 3.30. The van der Waals surface area contributed by atoms with E-state index in [1.807, 2.05) is 37.1 Å². The van der Waals surface area contributed by atoms with Gasteiger partial charge in [0.05, 0.1) is 24.7 Å². The van der Waals surface area contributed by atoms with Crippen LogP contribution in [0.15, 0.2) is 30.5 Å². The lowest BCUT2D eigenvalue weighted by atomic mass is 10.0. The van der Waals surface area contributed by atoms with E-state index in [4.69, 9.17) is 4.74 Å².